The van der Waals surface area contributed by atoms with Gasteiger partial charge < -0.3 is 5.32 Å². The lowest BCUT2D eigenvalue weighted by Gasteiger charge is -2.34. The van der Waals surface area contributed by atoms with E-state index in [9.17, 15) is 0 Å². The first-order chi connectivity index (χ1) is 5.75. The molecule has 0 aromatic heterocycles. The average molecular weight is 169 g/mol. The van der Waals surface area contributed by atoms with E-state index in [2.05, 4.69) is 26.1 Å². The van der Waals surface area contributed by atoms with Gasteiger partial charge in [-0.25, -0.2) is 0 Å². The summed E-state index contributed by atoms with van der Waals surface area (Å²) < 4.78 is 0. The first kappa shape index (κ1) is 10.0. The molecule has 1 aliphatic rings. The largest absolute Gasteiger partial charge is 0.316 e. The predicted molar refractivity (Wildman–Crippen MR) is 54.2 cm³/mol. The minimum atomic E-state index is 0.915. The van der Waals surface area contributed by atoms with Gasteiger partial charge in [0.25, 0.3) is 0 Å². The van der Waals surface area contributed by atoms with Crippen LogP contribution in [0.2, 0.25) is 0 Å². The van der Waals surface area contributed by atoms with E-state index in [1.165, 1.54) is 32.4 Å². The van der Waals surface area contributed by atoms with Crippen LogP contribution < -0.4 is 5.32 Å². The molecule has 1 saturated heterocycles. The molecule has 0 amide bonds. The van der Waals surface area contributed by atoms with Gasteiger partial charge in [-0.1, -0.05) is 33.6 Å². The summed E-state index contributed by atoms with van der Waals surface area (Å²) in [6.45, 7) is 9.60. The fourth-order valence-corrected chi connectivity index (χ4v) is 2.45. The van der Waals surface area contributed by atoms with Crippen molar-refractivity contribution in [3.63, 3.8) is 0 Å². The summed E-state index contributed by atoms with van der Waals surface area (Å²) in [6, 6.07) is 0. The van der Waals surface area contributed by atoms with Crippen LogP contribution in [0.1, 0.15) is 40.0 Å². The molecule has 0 aliphatic carbocycles. The summed E-state index contributed by atoms with van der Waals surface area (Å²) in [5, 5.41) is 3.50. The number of hydrogen-bond acceptors (Lipinski definition) is 1. The number of piperidine rings is 1. The minimum Gasteiger partial charge on any atom is -0.316 e. The maximum atomic E-state index is 3.50. The second kappa shape index (κ2) is 4.86. The van der Waals surface area contributed by atoms with E-state index in [1.807, 2.05) is 0 Å². The molecular weight excluding hydrogens is 146 g/mol. The van der Waals surface area contributed by atoms with Crippen LogP contribution in [0.4, 0.5) is 0 Å². The third-order valence-electron chi connectivity index (χ3n) is 3.36. The van der Waals surface area contributed by atoms with Crippen LogP contribution in [0.15, 0.2) is 0 Å². The second-order valence-corrected chi connectivity index (χ2v) is 4.40. The van der Waals surface area contributed by atoms with Gasteiger partial charge in [-0.2, -0.15) is 0 Å². The molecule has 72 valence electrons. The molecule has 1 rings (SSSR count). The Hall–Kier alpha value is -0.0400. The van der Waals surface area contributed by atoms with E-state index >= 15 is 0 Å². The fraction of sp³-hybridized carbons (Fsp3) is 1.00. The van der Waals surface area contributed by atoms with Crippen molar-refractivity contribution in [2.75, 3.05) is 13.1 Å². The van der Waals surface area contributed by atoms with Gasteiger partial charge in [0, 0.05) is 0 Å². The Balaban J connectivity index is 2.36. The summed E-state index contributed by atoms with van der Waals surface area (Å²) in [5.41, 5.74) is 0. The molecule has 0 spiro atoms. The van der Waals surface area contributed by atoms with Gasteiger partial charge in [0.15, 0.2) is 0 Å². The standard InChI is InChI=1S/C11H23N/c1-4-5-9(2)11-8-12-7-6-10(11)3/h9-12H,4-8H2,1-3H3. The summed E-state index contributed by atoms with van der Waals surface area (Å²) in [6.07, 6.45) is 4.11. The van der Waals surface area contributed by atoms with Crippen LogP contribution in [-0.4, -0.2) is 13.1 Å². The molecule has 1 nitrogen and oxygen atoms in total. The van der Waals surface area contributed by atoms with Gasteiger partial charge >= 0.3 is 0 Å². The van der Waals surface area contributed by atoms with Crippen molar-refractivity contribution in [2.24, 2.45) is 17.8 Å². The van der Waals surface area contributed by atoms with Crippen molar-refractivity contribution in [3.8, 4) is 0 Å². The molecule has 1 heterocycles. The second-order valence-electron chi connectivity index (χ2n) is 4.40. The Labute approximate surface area is 76.9 Å². The zero-order valence-corrected chi connectivity index (χ0v) is 8.77. The van der Waals surface area contributed by atoms with Crippen molar-refractivity contribution in [1.82, 2.24) is 5.32 Å². The smallest absolute Gasteiger partial charge is 0.00154 e. The van der Waals surface area contributed by atoms with Gasteiger partial charge in [-0.05, 0) is 37.3 Å². The topological polar surface area (TPSA) is 12.0 Å². The minimum absolute atomic E-state index is 0.915. The van der Waals surface area contributed by atoms with Crippen LogP contribution in [0.5, 0.6) is 0 Å². The number of rotatable bonds is 3. The molecule has 0 saturated carbocycles. The quantitative estimate of drug-likeness (QED) is 0.685. The fourth-order valence-electron chi connectivity index (χ4n) is 2.45. The Morgan fingerprint density at radius 1 is 1.50 bits per heavy atom. The highest BCUT2D eigenvalue weighted by atomic mass is 14.9. The van der Waals surface area contributed by atoms with Crippen LogP contribution in [0, 0.1) is 17.8 Å². The zero-order chi connectivity index (χ0) is 8.97. The number of nitrogens with one attached hydrogen (secondary N) is 1. The molecule has 0 bridgehead atoms. The van der Waals surface area contributed by atoms with Gasteiger partial charge in [0.2, 0.25) is 0 Å². The Bertz CT molecular complexity index is 122. The van der Waals surface area contributed by atoms with Gasteiger partial charge in [-0.3, -0.25) is 0 Å². The van der Waals surface area contributed by atoms with Crippen molar-refractivity contribution in [1.29, 1.82) is 0 Å². The molecule has 0 aromatic carbocycles. The van der Waals surface area contributed by atoms with E-state index in [4.69, 9.17) is 0 Å². The third kappa shape index (κ3) is 2.48. The molecule has 3 atom stereocenters. The molecule has 0 radical (unpaired) electrons. The van der Waals surface area contributed by atoms with E-state index in [-0.39, 0.29) is 0 Å². The zero-order valence-electron chi connectivity index (χ0n) is 8.77. The molecule has 1 N–H and O–H groups in total. The monoisotopic (exact) mass is 169 g/mol. The first-order valence-electron chi connectivity index (χ1n) is 5.46. The average Bonchev–Trinajstić information content (AvgIpc) is 2.05. The lowest BCUT2D eigenvalue weighted by atomic mass is 9.78. The van der Waals surface area contributed by atoms with E-state index in [1.54, 1.807) is 0 Å². The molecule has 12 heavy (non-hydrogen) atoms. The summed E-state index contributed by atoms with van der Waals surface area (Å²) in [7, 11) is 0. The summed E-state index contributed by atoms with van der Waals surface area (Å²) >= 11 is 0. The highest BCUT2D eigenvalue weighted by Gasteiger charge is 2.25. The van der Waals surface area contributed by atoms with Crippen LogP contribution in [0.25, 0.3) is 0 Å². The Kier molecular flexibility index (Phi) is 4.07. The molecule has 1 fully saturated rings. The highest BCUT2D eigenvalue weighted by molar-refractivity contribution is 4.78. The van der Waals surface area contributed by atoms with Crippen molar-refractivity contribution in [2.45, 2.75) is 40.0 Å². The van der Waals surface area contributed by atoms with Crippen LogP contribution >= 0.6 is 0 Å². The van der Waals surface area contributed by atoms with Gasteiger partial charge in [0.1, 0.15) is 0 Å². The molecule has 1 heteroatoms. The highest BCUT2D eigenvalue weighted by Crippen LogP contribution is 2.28. The van der Waals surface area contributed by atoms with Gasteiger partial charge in [-0.15, -0.1) is 0 Å². The SMILES string of the molecule is CCCC(C)C1CNCCC1C. The van der Waals surface area contributed by atoms with Crippen LogP contribution in [-0.2, 0) is 0 Å². The Morgan fingerprint density at radius 3 is 2.83 bits per heavy atom. The van der Waals surface area contributed by atoms with E-state index in [0.29, 0.717) is 0 Å². The van der Waals surface area contributed by atoms with Crippen molar-refractivity contribution < 1.29 is 0 Å². The molecule has 0 aromatic rings. The number of hydrogen-bond donors (Lipinski definition) is 1. The normalized spacial score (nSPS) is 33.2. The van der Waals surface area contributed by atoms with Gasteiger partial charge in [0.05, 0.1) is 0 Å². The molecular formula is C11H23N. The van der Waals surface area contributed by atoms with Crippen LogP contribution in [0.3, 0.4) is 0 Å². The summed E-state index contributed by atoms with van der Waals surface area (Å²) in [4.78, 5) is 0. The maximum absolute atomic E-state index is 3.50. The van der Waals surface area contributed by atoms with E-state index in [0.717, 1.165) is 17.8 Å². The predicted octanol–water partition coefficient (Wildman–Crippen LogP) is 2.67. The summed E-state index contributed by atoms with van der Waals surface area (Å²) in [5.74, 6) is 2.78. The molecule has 3 unspecified atom stereocenters. The van der Waals surface area contributed by atoms with Crippen molar-refractivity contribution in [3.05, 3.63) is 0 Å². The van der Waals surface area contributed by atoms with E-state index < -0.39 is 0 Å². The van der Waals surface area contributed by atoms with Crippen molar-refractivity contribution >= 4 is 0 Å². The third-order valence-corrected chi connectivity index (χ3v) is 3.36. The lowest BCUT2D eigenvalue weighted by Crippen LogP contribution is -2.38. The maximum Gasteiger partial charge on any atom is -0.00154 e. The Morgan fingerprint density at radius 2 is 2.25 bits per heavy atom. The molecule has 1 aliphatic heterocycles. The first-order valence-corrected chi connectivity index (χ1v) is 5.46. The lowest BCUT2D eigenvalue weighted by molar-refractivity contribution is 0.192.